The smallest absolute Gasteiger partial charge is 0.143 e. The first-order chi connectivity index (χ1) is 8.72. The lowest BCUT2D eigenvalue weighted by molar-refractivity contribution is 0.194. The molecular formula is C13H21N3OS. The summed E-state index contributed by atoms with van der Waals surface area (Å²) in [5, 5.41) is 11.9. The first kappa shape index (κ1) is 13.4. The quantitative estimate of drug-likeness (QED) is 0.381. The third-order valence-electron chi connectivity index (χ3n) is 3.48. The number of piperidine rings is 1. The van der Waals surface area contributed by atoms with Crippen molar-refractivity contribution in [1.29, 1.82) is 0 Å². The number of thiophene rings is 1. The van der Waals surface area contributed by atoms with Gasteiger partial charge in [0.1, 0.15) is 5.84 Å². The molecule has 1 fully saturated rings. The molecule has 3 N–H and O–H groups in total. The number of aryl methyl sites for hydroxylation is 1. The minimum absolute atomic E-state index is 0.203. The van der Waals surface area contributed by atoms with Crippen LogP contribution in [0, 0.1) is 5.92 Å². The monoisotopic (exact) mass is 267 g/mol. The molecule has 1 atom stereocenters. The van der Waals surface area contributed by atoms with Gasteiger partial charge in [-0.25, -0.2) is 0 Å². The van der Waals surface area contributed by atoms with E-state index in [1.54, 1.807) is 0 Å². The van der Waals surface area contributed by atoms with Crippen LogP contribution in [0.15, 0.2) is 17.3 Å². The van der Waals surface area contributed by atoms with Crippen molar-refractivity contribution in [2.75, 3.05) is 13.1 Å². The molecule has 100 valence electrons. The molecule has 18 heavy (non-hydrogen) atoms. The van der Waals surface area contributed by atoms with E-state index in [0.29, 0.717) is 5.84 Å². The van der Waals surface area contributed by atoms with Crippen LogP contribution in [0.4, 0.5) is 0 Å². The van der Waals surface area contributed by atoms with Crippen molar-refractivity contribution in [2.24, 2.45) is 16.8 Å². The Balaban J connectivity index is 1.93. The van der Waals surface area contributed by atoms with Crippen LogP contribution >= 0.6 is 11.3 Å². The molecule has 2 heterocycles. The molecule has 0 aromatic carbocycles. The van der Waals surface area contributed by atoms with Crippen LogP contribution in [0.2, 0.25) is 0 Å². The summed E-state index contributed by atoms with van der Waals surface area (Å²) in [6.45, 7) is 5.18. The van der Waals surface area contributed by atoms with Gasteiger partial charge in [0, 0.05) is 28.8 Å². The summed E-state index contributed by atoms with van der Waals surface area (Å²) in [7, 11) is 0. The predicted molar refractivity (Wildman–Crippen MR) is 75.1 cm³/mol. The Kier molecular flexibility index (Phi) is 4.60. The number of hydrogen-bond acceptors (Lipinski definition) is 4. The molecule has 1 aromatic heterocycles. The second-order valence-electron chi connectivity index (χ2n) is 4.82. The summed E-state index contributed by atoms with van der Waals surface area (Å²) >= 11 is 1.89. The Hall–Kier alpha value is -1.07. The normalized spacial score (nSPS) is 22.3. The lowest BCUT2D eigenvalue weighted by Crippen LogP contribution is -2.40. The summed E-state index contributed by atoms with van der Waals surface area (Å²) in [4.78, 5) is 5.25. The summed E-state index contributed by atoms with van der Waals surface area (Å²) < 4.78 is 0. The first-order valence-electron chi connectivity index (χ1n) is 6.50. The highest BCUT2D eigenvalue weighted by Crippen LogP contribution is 2.22. The largest absolute Gasteiger partial charge is 0.409 e. The third kappa shape index (κ3) is 3.23. The van der Waals surface area contributed by atoms with E-state index in [2.05, 4.69) is 29.1 Å². The highest BCUT2D eigenvalue weighted by Gasteiger charge is 2.23. The van der Waals surface area contributed by atoms with Gasteiger partial charge < -0.3 is 10.9 Å². The van der Waals surface area contributed by atoms with Gasteiger partial charge in [-0.05, 0) is 37.9 Å². The second-order valence-corrected chi connectivity index (χ2v) is 6.07. The lowest BCUT2D eigenvalue weighted by atomic mass is 9.97. The van der Waals surface area contributed by atoms with E-state index in [1.165, 1.54) is 9.75 Å². The van der Waals surface area contributed by atoms with Gasteiger partial charge in [0.2, 0.25) is 0 Å². The lowest BCUT2D eigenvalue weighted by Gasteiger charge is -2.31. The fourth-order valence-corrected chi connectivity index (χ4v) is 3.44. The molecule has 1 unspecified atom stereocenters. The fourth-order valence-electron chi connectivity index (χ4n) is 2.44. The Labute approximate surface area is 112 Å². The zero-order chi connectivity index (χ0) is 13.0. The number of rotatable bonds is 4. The average molecular weight is 267 g/mol. The SMILES string of the molecule is CCc1ccc(CN2CCCC(C(N)=NO)C2)s1. The Morgan fingerprint density at radius 3 is 3.00 bits per heavy atom. The summed E-state index contributed by atoms with van der Waals surface area (Å²) in [6.07, 6.45) is 3.25. The number of hydrogen-bond donors (Lipinski definition) is 2. The maximum absolute atomic E-state index is 8.74. The molecule has 5 heteroatoms. The zero-order valence-electron chi connectivity index (χ0n) is 10.8. The maximum atomic E-state index is 8.74. The molecular weight excluding hydrogens is 246 g/mol. The van der Waals surface area contributed by atoms with Gasteiger partial charge in [-0.1, -0.05) is 12.1 Å². The van der Waals surface area contributed by atoms with Crippen molar-refractivity contribution in [1.82, 2.24) is 4.90 Å². The second kappa shape index (κ2) is 6.20. The van der Waals surface area contributed by atoms with Crippen LogP contribution < -0.4 is 5.73 Å². The van der Waals surface area contributed by atoms with E-state index in [9.17, 15) is 0 Å². The topological polar surface area (TPSA) is 61.8 Å². The molecule has 0 radical (unpaired) electrons. The highest BCUT2D eigenvalue weighted by atomic mass is 32.1. The van der Waals surface area contributed by atoms with Crippen LogP contribution in [-0.4, -0.2) is 29.0 Å². The fraction of sp³-hybridized carbons (Fsp3) is 0.615. The third-order valence-corrected chi connectivity index (χ3v) is 4.70. The van der Waals surface area contributed by atoms with Crippen LogP contribution in [-0.2, 0) is 13.0 Å². The van der Waals surface area contributed by atoms with Crippen LogP contribution in [0.3, 0.4) is 0 Å². The molecule has 1 aliphatic heterocycles. The van der Waals surface area contributed by atoms with E-state index in [4.69, 9.17) is 10.9 Å². The molecule has 0 aliphatic carbocycles. The average Bonchev–Trinajstić information content (AvgIpc) is 2.86. The van der Waals surface area contributed by atoms with Crippen molar-refractivity contribution in [3.63, 3.8) is 0 Å². The maximum Gasteiger partial charge on any atom is 0.143 e. The summed E-state index contributed by atoms with van der Waals surface area (Å²) in [5.41, 5.74) is 5.70. The number of oxime groups is 1. The van der Waals surface area contributed by atoms with E-state index in [-0.39, 0.29) is 5.92 Å². The minimum atomic E-state index is 0.203. The Morgan fingerprint density at radius 2 is 2.33 bits per heavy atom. The predicted octanol–water partition coefficient (Wildman–Crippen LogP) is 2.27. The van der Waals surface area contributed by atoms with Crippen molar-refractivity contribution in [2.45, 2.75) is 32.7 Å². The molecule has 0 saturated carbocycles. The van der Waals surface area contributed by atoms with Crippen LogP contribution in [0.5, 0.6) is 0 Å². The molecule has 1 aliphatic rings. The molecule has 1 aromatic rings. The first-order valence-corrected chi connectivity index (χ1v) is 7.32. The molecule has 0 amide bonds. The van der Waals surface area contributed by atoms with Crippen molar-refractivity contribution in [3.8, 4) is 0 Å². The number of nitrogens with zero attached hydrogens (tertiary/aromatic N) is 2. The van der Waals surface area contributed by atoms with E-state index in [1.807, 2.05) is 11.3 Å². The van der Waals surface area contributed by atoms with Gasteiger partial charge in [0.15, 0.2) is 0 Å². The van der Waals surface area contributed by atoms with E-state index < -0.39 is 0 Å². The van der Waals surface area contributed by atoms with Crippen LogP contribution in [0.1, 0.15) is 29.5 Å². The standard InChI is InChI=1S/C13H21N3OS/c1-2-11-5-6-12(18-11)9-16-7-3-4-10(8-16)13(14)15-17/h5-6,10,17H,2-4,7-9H2,1H3,(H2,14,15). The van der Waals surface area contributed by atoms with Gasteiger partial charge in [0.25, 0.3) is 0 Å². The molecule has 0 bridgehead atoms. The van der Waals surface area contributed by atoms with Crippen molar-refractivity contribution < 1.29 is 5.21 Å². The van der Waals surface area contributed by atoms with Crippen molar-refractivity contribution >= 4 is 17.2 Å². The van der Waals surface area contributed by atoms with Crippen molar-refractivity contribution in [3.05, 3.63) is 21.9 Å². The Bertz CT molecular complexity index is 416. The van der Waals surface area contributed by atoms with Crippen LogP contribution in [0.25, 0.3) is 0 Å². The van der Waals surface area contributed by atoms with Gasteiger partial charge in [-0.2, -0.15) is 0 Å². The van der Waals surface area contributed by atoms with E-state index >= 15 is 0 Å². The van der Waals surface area contributed by atoms with Gasteiger partial charge >= 0.3 is 0 Å². The number of likely N-dealkylation sites (tertiary alicyclic amines) is 1. The molecule has 1 saturated heterocycles. The van der Waals surface area contributed by atoms with E-state index in [0.717, 1.165) is 38.9 Å². The summed E-state index contributed by atoms with van der Waals surface area (Å²) in [6, 6.07) is 4.43. The molecule has 4 nitrogen and oxygen atoms in total. The van der Waals surface area contributed by atoms with Gasteiger partial charge in [-0.3, -0.25) is 4.90 Å². The zero-order valence-corrected chi connectivity index (χ0v) is 11.6. The Morgan fingerprint density at radius 1 is 1.56 bits per heavy atom. The highest BCUT2D eigenvalue weighted by molar-refractivity contribution is 7.11. The molecule has 0 spiro atoms. The molecule has 2 rings (SSSR count). The minimum Gasteiger partial charge on any atom is -0.409 e. The van der Waals surface area contributed by atoms with Gasteiger partial charge in [0.05, 0.1) is 0 Å². The van der Waals surface area contributed by atoms with Gasteiger partial charge in [-0.15, -0.1) is 11.3 Å². The summed E-state index contributed by atoms with van der Waals surface area (Å²) in [5.74, 6) is 0.578. The number of amidine groups is 1. The number of nitrogens with two attached hydrogens (primary N) is 1.